The van der Waals surface area contributed by atoms with Gasteiger partial charge in [0.25, 0.3) is 5.56 Å². The van der Waals surface area contributed by atoms with Gasteiger partial charge in [-0.2, -0.15) is 0 Å². The first-order valence-electron chi connectivity index (χ1n) is 11.6. The Balaban J connectivity index is 1.58. The van der Waals surface area contributed by atoms with Gasteiger partial charge in [-0.1, -0.05) is 59.9 Å². The normalized spacial score (nSPS) is 16.6. The quantitative estimate of drug-likeness (QED) is 0.465. The second-order valence-corrected chi connectivity index (χ2v) is 9.83. The van der Waals surface area contributed by atoms with E-state index in [1.807, 2.05) is 30.3 Å². The highest BCUT2D eigenvalue weighted by Crippen LogP contribution is 2.41. The van der Waals surface area contributed by atoms with Gasteiger partial charge in [-0.25, -0.2) is 9.79 Å². The summed E-state index contributed by atoms with van der Waals surface area (Å²) >= 11 is 1.35. The van der Waals surface area contributed by atoms with E-state index in [0.717, 1.165) is 46.6 Å². The highest BCUT2D eigenvalue weighted by molar-refractivity contribution is 7.07. The standard InChI is InChI=1S/C29H22N2O4S/c1-35-21-7-4-6-20(16-21)26-23-14-13-18-5-2-3-8-22(18)25(23)30-29-31(26)27(32)24(36-29)15-17-9-11-19(12-10-17)28(33)34/h2-12,15-16,26H,13-14H2,1H3,(H,33,34)/b24-15-/t26-/m1/s1. The fraction of sp³-hybridized carbons (Fsp3) is 0.138. The molecule has 0 saturated carbocycles. The number of rotatable bonds is 4. The average Bonchev–Trinajstić information content (AvgIpc) is 3.22. The van der Waals surface area contributed by atoms with Gasteiger partial charge in [-0.15, -0.1) is 0 Å². The molecule has 1 N–H and O–H groups in total. The van der Waals surface area contributed by atoms with E-state index in [-0.39, 0.29) is 17.2 Å². The molecule has 1 aliphatic carbocycles. The molecule has 6 nitrogen and oxygen atoms in total. The molecule has 0 bridgehead atoms. The van der Waals surface area contributed by atoms with E-state index in [2.05, 4.69) is 18.2 Å². The first-order chi connectivity index (χ1) is 17.5. The van der Waals surface area contributed by atoms with Crippen molar-refractivity contribution in [3.8, 4) is 5.75 Å². The number of benzene rings is 3. The van der Waals surface area contributed by atoms with Crippen molar-refractivity contribution in [3.05, 3.63) is 126 Å². The highest BCUT2D eigenvalue weighted by atomic mass is 32.1. The molecule has 0 amide bonds. The van der Waals surface area contributed by atoms with Crippen LogP contribution in [0.2, 0.25) is 0 Å². The van der Waals surface area contributed by atoms with Gasteiger partial charge in [0.05, 0.1) is 28.9 Å². The van der Waals surface area contributed by atoms with Gasteiger partial charge in [-0.05, 0) is 65.4 Å². The summed E-state index contributed by atoms with van der Waals surface area (Å²) in [4.78, 5) is 30.7. The molecule has 0 saturated heterocycles. The van der Waals surface area contributed by atoms with Crippen molar-refractivity contribution < 1.29 is 14.6 Å². The maximum absolute atomic E-state index is 13.8. The SMILES string of the molecule is COc1cccc([C@@H]2C3=C(N=c4s/c(=C\c5ccc(C(=O)O)cc5)c(=O)n42)c2ccccc2CC3)c1. The van der Waals surface area contributed by atoms with E-state index >= 15 is 0 Å². The third kappa shape index (κ3) is 3.69. The average molecular weight is 495 g/mol. The molecule has 1 aliphatic heterocycles. The van der Waals surface area contributed by atoms with Crippen LogP contribution in [0.5, 0.6) is 5.75 Å². The number of carbonyl (C=O) groups is 1. The first kappa shape index (κ1) is 22.2. The summed E-state index contributed by atoms with van der Waals surface area (Å²) in [6, 6.07) is 22.4. The number of fused-ring (bicyclic) bond motifs is 3. The molecule has 3 aromatic carbocycles. The van der Waals surface area contributed by atoms with Crippen LogP contribution in [0, 0.1) is 0 Å². The van der Waals surface area contributed by atoms with Crippen molar-refractivity contribution in [2.24, 2.45) is 4.99 Å². The number of methoxy groups -OCH3 is 1. The molecule has 178 valence electrons. The fourth-order valence-corrected chi connectivity index (χ4v) is 6.01. The maximum Gasteiger partial charge on any atom is 0.335 e. The number of aromatic nitrogens is 1. The van der Waals surface area contributed by atoms with Crippen molar-refractivity contribution in [2.45, 2.75) is 18.9 Å². The summed E-state index contributed by atoms with van der Waals surface area (Å²) in [6.07, 6.45) is 3.51. The van der Waals surface area contributed by atoms with Gasteiger partial charge in [-0.3, -0.25) is 9.36 Å². The molecule has 2 heterocycles. The zero-order chi connectivity index (χ0) is 24.8. The Morgan fingerprint density at radius 2 is 1.89 bits per heavy atom. The third-order valence-corrected chi connectivity index (χ3v) is 7.72. The topological polar surface area (TPSA) is 80.9 Å². The lowest BCUT2D eigenvalue weighted by atomic mass is 9.83. The zero-order valence-corrected chi connectivity index (χ0v) is 20.3. The Hall–Kier alpha value is -4.23. The molecule has 1 atom stereocenters. The van der Waals surface area contributed by atoms with Crippen LogP contribution < -0.4 is 19.6 Å². The summed E-state index contributed by atoms with van der Waals surface area (Å²) in [5, 5.41) is 9.18. The van der Waals surface area contributed by atoms with E-state index in [4.69, 9.17) is 9.73 Å². The summed E-state index contributed by atoms with van der Waals surface area (Å²) in [5.74, 6) is -0.242. The van der Waals surface area contributed by atoms with Crippen molar-refractivity contribution in [2.75, 3.05) is 7.11 Å². The highest BCUT2D eigenvalue weighted by Gasteiger charge is 2.32. The number of aromatic carboxylic acids is 1. The predicted octanol–water partition coefficient (Wildman–Crippen LogP) is 4.03. The monoisotopic (exact) mass is 494 g/mol. The Morgan fingerprint density at radius 1 is 1.08 bits per heavy atom. The van der Waals surface area contributed by atoms with E-state index in [0.29, 0.717) is 9.33 Å². The summed E-state index contributed by atoms with van der Waals surface area (Å²) in [5.41, 5.74) is 6.30. The van der Waals surface area contributed by atoms with Crippen LogP contribution in [0.1, 0.15) is 45.1 Å². The van der Waals surface area contributed by atoms with E-state index in [1.165, 1.54) is 16.9 Å². The van der Waals surface area contributed by atoms with Crippen LogP contribution in [0.15, 0.2) is 88.2 Å². The number of nitrogens with zero attached hydrogens (tertiary/aromatic N) is 2. The number of allylic oxidation sites excluding steroid dienone is 1. The molecule has 0 spiro atoms. The van der Waals surface area contributed by atoms with Gasteiger partial charge in [0, 0.05) is 5.56 Å². The van der Waals surface area contributed by atoms with Crippen LogP contribution in [0.3, 0.4) is 0 Å². The first-order valence-corrected chi connectivity index (χ1v) is 12.5. The van der Waals surface area contributed by atoms with E-state index < -0.39 is 5.97 Å². The van der Waals surface area contributed by atoms with Gasteiger partial charge in [0.2, 0.25) is 0 Å². The molecule has 0 radical (unpaired) electrons. The second kappa shape index (κ2) is 8.77. The number of carboxylic acid groups (broad SMARTS) is 1. The molecular formula is C29H22N2O4S. The number of hydrogen-bond donors (Lipinski definition) is 1. The Morgan fingerprint density at radius 3 is 2.67 bits per heavy atom. The molecule has 0 fully saturated rings. The maximum atomic E-state index is 13.8. The third-order valence-electron chi connectivity index (χ3n) is 6.74. The minimum absolute atomic E-state index is 0.112. The van der Waals surface area contributed by atoms with Gasteiger partial charge in [0.1, 0.15) is 5.75 Å². The molecule has 2 aliphatic rings. The van der Waals surface area contributed by atoms with Gasteiger partial charge < -0.3 is 9.84 Å². The second-order valence-electron chi connectivity index (χ2n) is 8.82. The Kier molecular flexibility index (Phi) is 5.42. The van der Waals surface area contributed by atoms with Crippen molar-refractivity contribution in [3.63, 3.8) is 0 Å². The van der Waals surface area contributed by atoms with Crippen LogP contribution in [-0.2, 0) is 6.42 Å². The van der Waals surface area contributed by atoms with E-state index in [1.54, 1.807) is 42.0 Å². The zero-order valence-electron chi connectivity index (χ0n) is 19.5. The molecular weight excluding hydrogens is 472 g/mol. The Labute approximate surface area is 210 Å². The number of carboxylic acids is 1. The summed E-state index contributed by atoms with van der Waals surface area (Å²) < 4.78 is 7.84. The number of thiazole rings is 1. The lowest BCUT2D eigenvalue weighted by Crippen LogP contribution is -2.38. The number of hydrogen-bond acceptors (Lipinski definition) is 5. The molecule has 7 heteroatoms. The van der Waals surface area contributed by atoms with Crippen LogP contribution in [0.4, 0.5) is 0 Å². The van der Waals surface area contributed by atoms with Crippen molar-refractivity contribution in [1.82, 2.24) is 4.57 Å². The van der Waals surface area contributed by atoms with Gasteiger partial charge in [0.15, 0.2) is 4.80 Å². The largest absolute Gasteiger partial charge is 0.497 e. The Bertz CT molecular complexity index is 1730. The fourth-order valence-electron chi connectivity index (χ4n) is 5.01. The lowest BCUT2D eigenvalue weighted by molar-refractivity contribution is 0.0697. The minimum Gasteiger partial charge on any atom is -0.497 e. The molecule has 0 unspecified atom stereocenters. The van der Waals surface area contributed by atoms with Crippen LogP contribution in [-0.4, -0.2) is 22.8 Å². The number of ether oxygens (including phenoxy) is 1. The van der Waals surface area contributed by atoms with Crippen LogP contribution >= 0.6 is 11.3 Å². The summed E-state index contributed by atoms with van der Waals surface area (Å²) in [6.45, 7) is 0. The van der Waals surface area contributed by atoms with E-state index in [9.17, 15) is 14.7 Å². The van der Waals surface area contributed by atoms with Gasteiger partial charge >= 0.3 is 5.97 Å². The van der Waals surface area contributed by atoms with Crippen molar-refractivity contribution in [1.29, 1.82) is 0 Å². The summed E-state index contributed by atoms with van der Waals surface area (Å²) in [7, 11) is 1.64. The minimum atomic E-state index is -0.981. The predicted molar refractivity (Wildman–Crippen MR) is 139 cm³/mol. The molecule has 1 aromatic heterocycles. The molecule has 36 heavy (non-hydrogen) atoms. The molecule has 4 aromatic rings. The lowest BCUT2D eigenvalue weighted by Gasteiger charge is -2.31. The number of aryl methyl sites for hydroxylation is 1. The molecule has 6 rings (SSSR count). The smallest absolute Gasteiger partial charge is 0.335 e. The van der Waals surface area contributed by atoms with Crippen molar-refractivity contribution >= 4 is 29.1 Å². The van der Waals surface area contributed by atoms with Crippen LogP contribution in [0.25, 0.3) is 11.8 Å².